The fraction of sp³-hybridized carbons (Fsp3) is 0.417. The zero-order chi connectivity index (χ0) is 13.6. The second kappa shape index (κ2) is 4.65. The van der Waals surface area contributed by atoms with Crippen molar-refractivity contribution in [2.45, 2.75) is 25.8 Å². The lowest BCUT2D eigenvalue weighted by molar-refractivity contribution is 0.199. The quantitative estimate of drug-likeness (QED) is 0.864. The predicted molar refractivity (Wildman–Crippen MR) is 75.1 cm³/mol. The van der Waals surface area contributed by atoms with Gasteiger partial charge in [-0.15, -0.1) is 5.10 Å². The normalized spacial score (nSPS) is 22.3. The summed E-state index contributed by atoms with van der Waals surface area (Å²) in [6.45, 7) is 2.21. The Morgan fingerprint density at radius 2 is 2.05 bits per heavy atom. The zero-order valence-electron chi connectivity index (χ0n) is 10.3. The maximum Gasteiger partial charge on any atom is 0.183 e. The molecular weight excluding hydrogens is 285 g/mol. The predicted octanol–water partition coefficient (Wildman–Crippen LogP) is 3.20. The first-order valence-electron chi connectivity index (χ1n) is 6.09. The largest absolute Gasteiger partial charge is 0.399 e. The number of hydrogen-bond acceptors (Lipinski definition) is 4. The van der Waals surface area contributed by atoms with E-state index in [1.54, 1.807) is 12.1 Å². The third-order valence-electron chi connectivity index (χ3n) is 3.48. The second-order valence-corrected chi connectivity index (χ2v) is 5.83. The Labute approximate surface area is 120 Å². The van der Waals surface area contributed by atoms with Gasteiger partial charge in [0.1, 0.15) is 0 Å². The highest BCUT2D eigenvalue weighted by Gasteiger charge is 2.30. The molecule has 0 saturated heterocycles. The topological polar surface area (TPSA) is 69.6 Å². The van der Waals surface area contributed by atoms with Crippen LogP contribution in [0.3, 0.4) is 0 Å². The maximum absolute atomic E-state index is 6.23. The van der Waals surface area contributed by atoms with Gasteiger partial charge in [-0.3, -0.25) is 0 Å². The average molecular weight is 298 g/mol. The van der Waals surface area contributed by atoms with Gasteiger partial charge in [0, 0.05) is 11.3 Å². The number of nitrogens with zero attached hydrogens (tertiary/aromatic N) is 4. The molecule has 19 heavy (non-hydrogen) atoms. The molecule has 0 radical (unpaired) electrons. The Morgan fingerprint density at radius 3 is 2.74 bits per heavy atom. The lowest BCUT2D eigenvalue weighted by Gasteiger charge is -2.32. The number of nitrogen functional groups attached to an aromatic ring is 1. The van der Waals surface area contributed by atoms with Crippen molar-refractivity contribution in [1.29, 1.82) is 0 Å². The molecule has 1 aliphatic rings. The highest BCUT2D eigenvalue weighted by Crippen LogP contribution is 2.40. The molecule has 7 heteroatoms. The lowest BCUT2D eigenvalue weighted by atomic mass is 9.82. The molecular formula is C12H13Cl2N5. The minimum atomic E-state index is 0.330. The molecule has 2 aromatic rings. The van der Waals surface area contributed by atoms with Crippen LogP contribution in [-0.2, 0) is 0 Å². The van der Waals surface area contributed by atoms with Crippen LogP contribution < -0.4 is 5.73 Å². The molecule has 0 spiro atoms. The van der Waals surface area contributed by atoms with E-state index in [1.165, 1.54) is 0 Å². The minimum absolute atomic E-state index is 0.330. The van der Waals surface area contributed by atoms with Crippen molar-refractivity contribution in [3.05, 3.63) is 22.2 Å². The Balaban J connectivity index is 2.06. The summed E-state index contributed by atoms with van der Waals surface area (Å²) in [6.07, 6.45) is 2.15. The molecule has 1 heterocycles. The van der Waals surface area contributed by atoms with Crippen molar-refractivity contribution in [3.63, 3.8) is 0 Å². The fourth-order valence-corrected chi connectivity index (χ4v) is 2.87. The molecule has 0 amide bonds. The standard InChI is InChI=1S/C12H13Cl2N5/c1-6-2-8(3-6)19-12(16-17-18-19)9-4-7(15)5-10(13)11(9)14/h4-6,8H,2-3,15H2,1H3. The molecule has 1 saturated carbocycles. The van der Waals surface area contributed by atoms with Gasteiger partial charge in [0.05, 0.1) is 16.1 Å². The van der Waals surface area contributed by atoms with Crippen LogP contribution in [0.15, 0.2) is 12.1 Å². The number of halogens is 2. The molecule has 0 unspecified atom stereocenters. The van der Waals surface area contributed by atoms with Crippen molar-refractivity contribution >= 4 is 28.9 Å². The highest BCUT2D eigenvalue weighted by molar-refractivity contribution is 6.43. The van der Waals surface area contributed by atoms with Crippen LogP contribution in [0.1, 0.15) is 25.8 Å². The molecule has 1 fully saturated rings. The van der Waals surface area contributed by atoms with Gasteiger partial charge in [0.15, 0.2) is 5.82 Å². The van der Waals surface area contributed by atoms with Gasteiger partial charge in [0.2, 0.25) is 0 Å². The van der Waals surface area contributed by atoms with Crippen LogP contribution in [0.4, 0.5) is 5.69 Å². The van der Waals surface area contributed by atoms with Crippen LogP contribution in [0.5, 0.6) is 0 Å². The van der Waals surface area contributed by atoms with Crippen LogP contribution in [0, 0.1) is 5.92 Å². The van der Waals surface area contributed by atoms with Crippen molar-refractivity contribution in [3.8, 4) is 11.4 Å². The molecule has 1 aliphatic carbocycles. The highest BCUT2D eigenvalue weighted by atomic mass is 35.5. The van der Waals surface area contributed by atoms with Gasteiger partial charge < -0.3 is 5.73 Å². The molecule has 0 atom stereocenters. The number of tetrazole rings is 1. The number of rotatable bonds is 2. The number of aromatic nitrogens is 4. The van der Waals surface area contributed by atoms with Crippen molar-refractivity contribution in [2.24, 2.45) is 5.92 Å². The van der Waals surface area contributed by atoms with Crippen molar-refractivity contribution in [1.82, 2.24) is 20.2 Å². The van der Waals surface area contributed by atoms with Crippen molar-refractivity contribution in [2.75, 3.05) is 5.73 Å². The summed E-state index contributed by atoms with van der Waals surface area (Å²) < 4.78 is 1.82. The summed E-state index contributed by atoms with van der Waals surface area (Å²) in [6, 6.07) is 3.70. The van der Waals surface area contributed by atoms with E-state index in [0.717, 1.165) is 12.8 Å². The van der Waals surface area contributed by atoms with E-state index < -0.39 is 0 Å². The molecule has 1 aromatic carbocycles. The first-order valence-corrected chi connectivity index (χ1v) is 6.84. The second-order valence-electron chi connectivity index (χ2n) is 5.04. The zero-order valence-corrected chi connectivity index (χ0v) is 11.9. The SMILES string of the molecule is CC1CC(n2nnnc2-c2cc(N)cc(Cl)c2Cl)C1. The van der Waals surface area contributed by atoms with Crippen LogP contribution in [-0.4, -0.2) is 20.2 Å². The van der Waals surface area contributed by atoms with E-state index in [4.69, 9.17) is 28.9 Å². The number of benzene rings is 1. The first-order chi connectivity index (χ1) is 9.06. The van der Waals surface area contributed by atoms with Gasteiger partial charge in [-0.1, -0.05) is 30.1 Å². The molecule has 2 N–H and O–H groups in total. The third kappa shape index (κ3) is 2.17. The van der Waals surface area contributed by atoms with Gasteiger partial charge >= 0.3 is 0 Å². The van der Waals surface area contributed by atoms with E-state index >= 15 is 0 Å². The van der Waals surface area contributed by atoms with Gasteiger partial charge in [-0.2, -0.15) is 0 Å². The summed E-state index contributed by atoms with van der Waals surface area (Å²) in [5.74, 6) is 1.33. The Morgan fingerprint density at radius 1 is 1.32 bits per heavy atom. The Kier molecular flexibility index (Phi) is 3.11. The number of hydrogen-bond donors (Lipinski definition) is 1. The van der Waals surface area contributed by atoms with Gasteiger partial charge in [-0.05, 0) is 41.3 Å². The lowest BCUT2D eigenvalue weighted by Crippen LogP contribution is -2.26. The molecule has 1 aromatic heterocycles. The van der Waals surface area contributed by atoms with E-state index in [2.05, 4.69) is 22.4 Å². The summed E-state index contributed by atoms with van der Waals surface area (Å²) in [5, 5.41) is 12.7. The van der Waals surface area contributed by atoms with Crippen LogP contribution in [0.25, 0.3) is 11.4 Å². The summed E-state index contributed by atoms with van der Waals surface area (Å²) >= 11 is 12.3. The van der Waals surface area contributed by atoms with E-state index in [-0.39, 0.29) is 0 Å². The summed E-state index contributed by atoms with van der Waals surface area (Å²) in [7, 11) is 0. The smallest absolute Gasteiger partial charge is 0.183 e. The summed E-state index contributed by atoms with van der Waals surface area (Å²) in [5.41, 5.74) is 7.03. The van der Waals surface area contributed by atoms with Crippen LogP contribution in [0.2, 0.25) is 10.0 Å². The Bertz CT molecular complexity index is 619. The molecule has 0 aliphatic heterocycles. The maximum atomic E-state index is 6.23. The third-order valence-corrected chi connectivity index (χ3v) is 4.28. The van der Waals surface area contributed by atoms with Crippen LogP contribution >= 0.6 is 23.2 Å². The number of anilines is 1. The molecule has 5 nitrogen and oxygen atoms in total. The minimum Gasteiger partial charge on any atom is -0.399 e. The average Bonchev–Trinajstić information content (AvgIpc) is 2.78. The Hall–Kier alpha value is -1.33. The van der Waals surface area contributed by atoms with Crippen molar-refractivity contribution < 1.29 is 0 Å². The molecule has 100 valence electrons. The van der Waals surface area contributed by atoms with E-state index in [9.17, 15) is 0 Å². The van der Waals surface area contributed by atoms with Gasteiger partial charge in [0.25, 0.3) is 0 Å². The molecule has 0 bridgehead atoms. The van der Waals surface area contributed by atoms with E-state index in [1.807, 2.05) is 4.68 Å². The monoisotopic (exact) mass is 297 g/mol. The van der Waals surface area contributed by atoms with Gasteiger partial charge in [-0.25, -0.2) is 4.68 Å². The molecule has 3 rings (SSSR count). The summed E-state index contributed by atoms with van der Waals surface area (Å²) in [4.78, 5) is 0. The van der Waals surface area contributed by atoms with E-state index in [0.29, 0.717) is 39.1 Å². The first kappa shape index (κ1) is 12.7. The number of nitrogens with two attached hydrogens (primary N) is 1. The fourth-order valence-electron chi connectivity index (χ4n) is 2.45.